The first-order chi connectivity index (χ1) is 15.7. The first-order valence-electron chi connectivity index (χ1n) is 10.5. The first-order valence-corrected chi connectivity index (χ1v) is 11.7. The zero-order valence-corrected chi connectivity index (χ0v) is 20.1. The average molecular weight is 542 g/mol. The number of aliphatic hydroxyl groups is 1. The Bertz CT molecular complexity index is 979. The lowest BCUT2D eigenvalue weighted by atomic mass is 9.93. The Labute approximate surface area is 204 Å². The van der Waals surface area contributed by atoms with Crippen molar-refractivity contribution in [2.45, 2.75) is 42.4 Å². The van der Waals surface area contributed by atoms with Gasteiger partial charge in [-0.2, -0.15) is 0 Å². The Morgan fingerprint density at radius 2 is 2.09 bits per heavy atom. The molecule has 33 heavy (non-hydrogen) atoms. The van der Waals surface area contributed by atoms with E-state index in [9.17, 15) is 19.5 Å². The van der Waals surface area contributed by atoms with Gasteiger partial charge in [0.05, 0.1) is 12.7 Å². The minimum absolute atomic E-state index is 0.0707. The lowest BCUT2D eigenvalue weighted by molar-refractivity contribution is -0.137. The SMILES string of the molecule is O=C(O)CCC1=CC(Cl)=CC(Br)(NC(=O)CNC(=O)c2cccc(NC3CCCN3)c2)C1O. The largest absolute Gasteiger partial charge is 0.481 e. The third-order valence-corrected chi connectivity index (χ3v) is 6.39. The second-order valence-electron chi connectivity index (χ2n) is 7.92. The van der Waals surface area contributed by atoms with E-state index in [1.165, 1.54) is 12.2 Å². The maximum absolute atomic E-state index is 12.5. The van der Waals surface area contributed by atoms with Crippen molar-refractivity contribution in [3.05, 3.63) is 52.6 Å². The number of aliphatic hydroxyl groups excluding tert-OH is 1. The maximum atomic E-state index is 12.5. The first kappa shape index (κ1) is 25.2. The molecule has 2 amide bonds. The summed E-state index contributed by atoms with van der Waals surface area (Å²) in [5.41, 5.74) is 1.57. The van der Waals surface area contributed by atoms with Crippen LogP contribution in [-0.4, -0.2) is 57.8 Å². The smallest absolute Gasteiger partial charge is 0.303 e. The Balaban J connectivity index is 1.55. The van der Waals surface area contributed by atoms with Gasteiger partial charge in [0.1, 0.15) is 10.6 Å². The molecule has 0 spiro atoms. The van der Waals surface area contributed by atoms with Gasteiger partial charge in [-0.1, -0.05) is 33.6 Å². The quantitative estimate of drug-likeness (QED) is 0.208. The van der Waals surface area contributed by atoms with Crippen LogP contribution in [0.1, 0.15) is 36.0 Å². The van der Waals surface area contributed by atoms with Gasteiger partial charge in [0.25, 0.3) is 5.91 Å². The molecule has 178 valence electrons. The number of alkyl halides is 1. The Kier molecular flexibility index (Phi) is 8.52. The van der Waals surface area contributed by atoms with E-state index in [-0.39, 0.29) is 30.6 Å². The average Bonchev–Trinajstić information content (AvgIpc) is 3.26. The maximum Gasteiger partial charge on any atom is 0.303 e. The van der Waals surface area contributed by atoms with Crippen LogP contribution < -0.4 is 21.3 Å². The molecule has 6 N–H and O–H groups in total. The molecule has 1 aliphatic carbocycles. The molecule has 11 heteroatoms. The number of hydrogen-bond donors (Lipinski definition) is 6. The van der Waals surface area contributed by atoms with Crippen molar-refractivity contribution in [2.75, 3.05) is 18.4 Å². The van der Waals surface area contributed by atoms with Crippen molar-refractivity contribution in [1.29, 1.82) is 0 Å². The van der Waals surface area contributed by atoms with Gasteiger partial charge < -0.3 is 26.2 Å². The lowest BCUT2D eigenvalue weighted by Crippen LogP contribution is -2.54. The molecule has 3 rings (SSSR count). The Morgan fingerprint density at radius 3 is 2.79 bits per heavy atom. The van der Waals surface area contributed by atoms with Crippen LogP contribution in [0.4, 0.5) is 5.69 Å². The van der Waals surface area contributed by atoms with E-state index < -0.39 is 28.3 Å². The number of carboxylic acid groups (broad SMARTS) is 1. The van der Waals surface area contributed by atoms with Crippen LogP contribution in [0.5, 0.6) is 0 Å². The number of halogens is 2. The lowest BCUT2D eigenvalue weighted by Gasteiger charge is -2.35. The summed E-state index contributed by atoms with van der Waals surface area (Å²) in [5, 5.41) is 31.6. The van der Waals surface area contributed by atoms with Gasteiger partial charge >= 0.3 is 5.97 Å². The fourth-order valence-corrected chi connectivity index (χ4v) is 4.90. The summed E-state index contributed by atoms with van der Waals surface area (Å²) in [5.74, 6) is -2.00. The van der Waals surface area contributed by atoms with Crippen molar-refractivity contribution in [3.8, 4) is 0 Å². The van der Waals surface area contributed by atoms with E-state index in [0.29, 0.717) is 11.1 Å². The second kappa shape index (κ2) is 11.1. The molecule has 3 unspecified atom stereocenters. The third kappa shape index (κ3) is 7.04. The number of nitrogens with one attached hydrogen (secondary N) is 4. The minimum Gasteiger partial charge on any atom is -0.481 e. The van der Waals surface area contributed by atoms with Crippen LogP contribution in [0.3, 0.4) is 0 Å². The fraction of sp³-hybridized carbons (Fsp3) is 0.409. The standard InChI is InChI=1S/C22H26BrClN4O5/c23-22(11-15(24)9-13(20(22)32)6-7-19(30)31)28-18(29)12-26-21(33)14-3-1-4-16(10-14)27-17-5-2-8-25-17/h1,3-4,9-11,17,20,25,27,32H,2,5-8,12H2,(H,26,33)(H,28,29)(H,30,31). The van der Waals surface area contributed by atoms with E-state index in [2.05, 4.69) is 37.2 Å². The van der Waals surface area contributed by atoms with Crippen LogP contribution >= 0.6 is 27.5 Å². The molecule has 9 nitrogen and oxygen atoms in total. The summed E-state index contributed by atoms with van der Waals surface area (Å²) in [7, 11) is 0. The molecule has 0 aromatic heterocycles. The predicted octanol–water partition coefficient (Wildman–Crippen LogP) is 2.03. The van der Waals surface area contributed by atoms with Gasteiger partial charge in [-0.15, -0.1) is 0 Å². The summed E-state index contributed by atoms with van der Waals surface area (Å²) in [6.45, 7) is 0.619. The normalized spacial score (nSPS) is 24.5. The van der Waals surface area contributed by atoms with Crippen molar-refractivity contribution in [1.82, 2.24) is 16.0 Å². The number of benzene rings is 1. The number of amides is 2. The Hall–Kier alpha value is -2.40. The number of hydrogen-bond acceptors (Lipinski definition) is 6. The number of rotatable bonds is 9. The summed E-state index contributed by atoms with van der Waals surface area (Å²) in [6.07, 6.45) is 3.80. The number of anilines is 1. The summed E-state index contributed by atoms with van der Waals surface area (Å²) in [4.78, 5) is 35.9. The van der Waals surface area contributed by atoms with Gasteiger partial charge in [-0.05, 0) is 61.7 Å². The monoisotopic (exact) mass is 540 g/mol. The second-order valence-corrected chi connectivity index (χ2v) is 9.67. The van der Waals surface area contributed by atoms with Crippen molar-refractivity contribution < 1.29 is 24.6 Å². The molecule has 1 aromatic rings. The number of aliphatic carboxylic acids is 1. The highest BCUT2D eigenvalue weighted by atomic mass is 79.9. The molecule has 0 bridgehead atoms. The minimum atomic E-state index is -1.42. The van der Waals surface area contributed by atoms with Crippen LogP contribution in [0.25, 0.3) is 0 Å². The zero-order chi connectivity index (χ0) is 24.0. The van der Waals surface area contributed by atoms with E-state index in [1.54, 1.807) is 18.2 Å². The molecule has 1 fully saturated rings. The van der Waals surface area contributed by atoms with Crippen LogP contribution in [0, 0.1) is 0 Å². The zero-order valence-electron chi connectivity index (χ0n) is 17.7. The van der Waals surface area contributed by atoms with E-state index in [0.717, 1.165) is 25.1 Å². The van der Waals surface area contributed by atoms with Gasteiger partial charge in [0.2, 0.25) is 5.91 Å². The van der Waals surface area contributed by atoms with Gasteiger partial charge in [0.15, 0.2) is 0 Å². The molecule has 1 aliphatic heterocycles. The summed E-state index contributed by atoms with van der Waals surface area (Å²) >= 11 is 9.40. The molecule has 2 aliphatic rings. The topological polar surface area (TPSA) is 140 Å². The van der Waals surface area contributed by atoms with Gasteiger partial charge in [-0.25, -0.2) is 0 Å². The molecule has 1 aromatic carbocycles. The molecular weight excluding hydrogens is 516 g/mol. The van der Waals surface area contributed by atoms with Gasteiger partial charge in [-0.3, -0.25) is 19.7 Å². The summed E-state index contributed by atoms with van der Waals surface area (Å²) < 4.78 is -1.42. The van der Waals surface area contributed by atoms with Crippen molar-refractivity contribution in [2.24, 2.45) is 0 Å². The highest BCUT2D eigenvalue weighted by Crippen LogP contribution is 2.35. The number of carboxylic acids is 1. The van der Waals surface area contributed by atoms with Crippen molar-refractivity contribution in [3.63, 3.8) is 0 Å². The highest BCUT2D eigenvalue weighted by Gasteiger charge is 2.39. The summed E-state index contributed by atoms with van der Waals surface area (Å²) in [6, 6.07) is 7.00. The number of carbonyl (C=O) groups is 3. The van der Waals surface area contributed by atoms with E-state index in [1.807, 2.05) is 6.07 Å². The van der Waals surface area contributed by atoms with Crippen LogP contribution in [0.15, 0.2) is 47.0 Å². The van der Waals surface area contributed by atoms with E-state index in [4.69, 9.17) is 16.7 Å². The fourth-order valence-electron chi connectivity index (χ4n) is 3.69. The molecular formula is C22H26BrClN4O5. The van der Waals surface area contributed by atoms with Gasteiger partial charge in [0, 0.05) is 22.7 Å². The highest BCUT2D eigenvalue weighted by molar-refractivity contribution is 9.10. The third-order valence-electron chi connectivity index (χ3n) is 5.31. The Morgan fingerprint density at radius 1 is 1.30 bits per heavy atom. The molecule has 1 saturated heterocycles. The van der Waals surface area contributed by atoms with Crippen LogP contribution in [0.2, 0.25) is 0 Å². The van der Waals surface area contributed by atoms with Crippen LogP contribution in [-0.2, 0) is 9.59 Å². The predicted molar refractivity (Wildman–Crippen MR) is 128 cm³/mol. The number of allylic oxidation sites excluding steroid dienone is 2. The van der Waals surface area contributed by atoms with Crippen molar-refractivity contribution >= 4 is 51.0 Å². The van der Waals surface area contributed by atoms with E-state index >= 15 is 0 Å². The molecule has 3 atom stereocenters. The molecule has 1 heterocycles. The molecule has 0 radical (unpaired) electrons. The molecule has 0 saturated carbocycles. The number of carbonyl (C=O) groups excluding carboxylic acids is 2.